The second kappa shape index (κ2) is 9.15. The zero-order chi connectivity index (χ0) is 22.7. The van der Waals surface area contributed by atoms with Crippen LogP contribution in [0.3, 0.4) is 0 Å². The number of benzene rings is 4. The van der Waals surface area contributed by atoms with Gasteiger partial charge in [0.25, 0.3) is 0 Å². The highest BCUT2D eigenvalue weighted by Gasteiger charge is 2.15. The maximum absolute atomic E-state index is 14.6. The van der Waals surface area contributed by atoms with E-state index >= 15 is 0 Å². The van der Waals surface area contributed by atoms with Gasteiger partial charge in [-0.3, -0.25) is 0 Å². The molecule has 1 nitrogen and oxygen atoms in total. The number of rotatable bonds is 4. The van der Waals surface area contributed by atoms with Gasteiger partial charge in [-0.2, -0.15) is 0 Å². The molecule has 0 spiro atoms. The minimum absolute atomic E-state index is 0.0674. The number of hydrogen-bond acceptors (Lipinski definition) is 1. The molecule has 4 aromatic carbocycles. The highest BCUT2D eigenvalue weighted by atomic mass is 19.1. The molecule has 5 heteroatoms. The Hall–Kier alpha value is -3.78. The van der Waals surface area contributed by atoms with Crippen LogP contribution in [0.25, 0.3) is 21.9 Å². The van der Waals surface area contributed by atoms with E-state index in [4.69, 9.17) is 4.74 Å². The van der Waals surface area contributed by atoms with E-state index in [-0.39, 0.29) is 28.3 Å². The Kier molecular flexibility index (Phi) is 6.13. The van der Waals surface area contributed by atoms with Crippen LogP contribution < -0.4 is 4.74 Å². The summed E-state index contributed by atoms with van der Waals surface area (Å²) in [6.45, 7) is 2.23. The minimum atomic E-state index is -0.832. The quantitative estimate of drug-likeness (QED) is 0.243. The smallest absolute Gasteiger partial charge is 0.139 e. The summed E-state index contributed by atoms with van der Waals surface area (Å²) >= 11 is 0. The zero-order valence-corrected chi connectivity index (χ0v) is 17.2. The summed E-state index contributed by atoms with van der Waals surface area (Å²) in [4.78, 5) is 0. The Morgan fingerprint density at radius 1 is 0.719 bits per heavy atom. The monoisotopic (exact) mass is 434 g/mol. The molecule has 4 aromatic rings. The van der Waals surface area contributed by atoms with Crippen molar-refractivity contribution in [3.8, 4) is 28.7 Å². The SMILES string of the molecule is CCCOc1cc(F)c(-c2ccc(C#Cc3ccc4cc(F)ccc4c3)c(F)c2)c(F)c1. The molecule has 0 aliphatic carbocycles. The van der Waals surface area contributed by atoms with E-state index in [0.29, 0.717) is 18.6 Å². The van der Waals surface area contributed by atoms with E-state index < -0.39 is 17.5 Å². The summed E-state index contributed by atoms with van der Waals surface area (Å²) in [6, 6.07) is 15.7. The van der Waals surface area contributed by atoms with Crippen molar-refractivity contribution in [3.05, 3.63) is 101 Å². The van der Waals surface area contributed by atoms with E-state index in [2.05, 4.69) is 11.8 Å². The van der Waals surface area contributed by atoms with Crippen molar-refractivity contribution in [3.63, 3.8) is 0 Å². The third-order valence-electron chi connectivity index (χ3n) is 4.89. The average molecular weight is 434 g/mol. The molecular formula is C27H18F4O. The lowest BCUT2D eigenvalue weighted by Crippen LogP contribution is -1.98. The van der Waals surface area contributed by atoms with Gasteiger partial charge >= 0.3 is 0 Å². The zero-order valence-electron chi connectivity index (χ0n) is 17.2. The molecular weight excluding hydrogens is 416 g/mol. The molecule has 0 saturated carbocycles. The summed E-state index contributed by atoms with van der Waals surface area (Å²) in [5.41, 5.74) is 0.468. The van der Waals surface area contributed by atoms with Gasteiger partial charge in [-0.25, -0.2) is 17.6 Å². The van der Waals surface area contributed by atoms with E-state index in [1.54, 1.807) is 24.3 Å². The fourth-order valence-corrected chi connectivity index (χ4v) is 3.33. The largest absolute Gasteiger partial charge is 0.493 e. The molecule has 0 heterocycles. The minimum Gasteiger partial charge on any atom is -0.493 e. The topological polar surface area (TPSA) is 9.23 Å². The first-order valence-electron chi connectivity index (χ1n) is 10.1. The summed E-state index contributed by atoms with van der Waals surface area (Å²) < 4.78 is 62.2. The number of ether oxygens (including phenoxy) is 1. The Labute approximate surface area is 183 Å². The van der Waals surface area contributed by atoms with Gasteiger partial charge in [0.1, 0.15) is 29.0 Å². The van der Waals surface area contributed by atoms with Crippen molar-refractivity contribution in [1.29, 1.82) is 0 Å². The molecule has 0 bridgehead atoms. The van der Waals surface area contributed by atoms with Crippen LogP contribution in [-0.2, 0) is 0 Å². The second-order valence-corrected chi connectivity index (χ2v) is 7.26. The van der Waals surface area contributed by atoms with Crippen molar-refractivity contribution < 1.29 is 22.3 Å². The molecule has 4 rings (SSSR count). The normalized spacial score (nSPS) is 10.7. The van der Waals surface area contributed by atoms with Crippen LogP contribution in [-0.4, -0.2) is 6.61 Å². The van der Waals surface area contributed by atoms with Crippen LogP contribution in [0.2, 0.25) is 0 Å². The van der Waals surface area contributed by atoms with Crippen molar-refractivity contribution in [1.82, 2.24) is 0 Å². The van der Waals surface area contributed by atoms with E-state index in [1.807, 2.05) is 6.92 Å². The predicted octanol–water partition coefficient (Wildman–Crippen LogP) is 7.25. The number of fused-ring (bicyclic) bond motifs is 1. The molecule has 0 N–H and O–H groups in total. The molecule has 0 saturated heterocycles. The highest BCUT2D eigenvalue weighted by molar-refractivity contribution is 5.84. The van der Waals surface area contributed by atoms with Crippen molar-refractivity contribution in [2.24, 2.45) is 0 Å². The lowest BCUT2D eigenvalue weighted by Gasteiger charge is -2.10. The molecule has 0 aliphatic rings. The fraction of sp³-hybridized carbons (Fsp3) is 0.111. The average Bonchev–Trinajstić information content (AvgIpc) is 2.76. The van der Waals surface area contributed by atoms with Crippen molar-refractivity contribution >= 4 is 10.8 Å². The first-order valence-corrected chi connectivity index (χ1v) is 10.1. The molecule has 0 atom stereocenters. The van der Waals surface area contributed by atoms with Gasteiger partial charge in [0, 0.05) is 17.7 Å². The number of hydrogen-bond donors (Lipinski definition) is 0. The highest BCUT2D eigenvalue weighted by Crippen LogP contribution is 2.31. The predicted molar refractivity (Wildman–Crippen MR) is 117 cm³/mol. The fourth-order valence-electron chi connectivity index (χ4n) is 3.33. The van der Waals surface area contributed by atoms with Gasteiger partial charge in [0.05, 0.1) is 17.7 Å². The van der Waals surface area contributed by atoms with Gasteiger partial charge in [0.2, 0.25) is 0 Å². The Morgan fingerprint density at radius 2 is 1.44 bits per heavy atom. The molecule has 160 valence electrons. The maximum atomic E-state index is 14.6. The summed E-state index contributed by atoms with van der Waals surface area (Å²) in [7, 11) is 0. The van der Waals surface area contributed by atoms with Gasteiger partial charge in [-0.1, -0.05) is 37.0 Å². The molecule has 32 heavy (non-hydrogen) atoms. The summed E-state index contributed by atoms with van der Waals surface area (Å²) in [6.07, 6.45) is 0.705. The molecule has 0 amide bonds. The Bertz CT molecular complexity index is 1340. The Balaban J connectivity index is 1.62. The molecule has 0 fully saturated rings. The molecule has 0 unspecified atom stereocenters. The van der Waals surface area contributed by atoms with Gasteiger partial charge < -0.3 is 4.74 Å². The van der Waals surface area contributed by atoms with Crippen LogP contribution in [0, 0.1) is 35.1 Å². The summed E-state index contributed by atoms with van der Waals surface area (Å²) in [5, 5.41) is 1.55. The van der Waals surface area contributed by atoms with Crippen LogP contribution >= 0.6 is 0 Å². The summed E-state index contributed by atoms with van der Waals surface area (Å²) in [5.74, 6) is 3.02. The second-order valence-electron chi connectivity index (χ2n) is 7.26. The van der Waals surface area contributed by atoms with E-state index in [1.165, 1.54) is 24.3 Å². The molecule has 0 radical (unpaired) electrons. The van der Waals surface area contributed by atoms with Gasteiger partial charge in [-0.05, 0) is 59.2 Å². The third-order valence-corrected chi connectivity index (χ3v) is 4.89. The maximum Gasteiger partial charge on any atom is 0.139 e. The standard InChI is InChI=1S/C27H18F4O/c1-2-11-32-23-15-25(30)27(26(31)16-23)21-8-7-18(24(29)14-21)5-3-17-4-6-20-13-22(28)10-9-19(20)12-17/h4,6-10,12-16H,2,11H2,1H3. The van der Waals surface area contributed by atoms with E-state index in [0.717, 1.165) is 29.0 Å². The lowest BCUT2D eigenvalue weighted by atomic mass is 10.0. The van der Waals surface area contributed by atoms with Crippen LogP contribution in [0.15, 0.2) is 66.7 Å². The number of halogens is 4. The van der Waals surface area contributed by atoms with Crippen LogP contribution in [0.1, 0.15) is 24.5 Å². The first-order chi connectivity index (χ1) is 15.4. The van der Waals surface area contributed by atoms with Gasteiger partial charge in [0.15, 0.2) is 0 Å². The van der Waals surface area contributed by atoms with Crippen LogP contribution in [0.5, 0.6) is 5.75 Å². The van der Waals surface area contributed by atoms with Crippen molar-refractivity contribution in [2.75, 3.05) is 6.61 Å². The lowest BCUT2D eigenvalue weighted by molar-refractivity contribution is 0.314. The first kappa shape index (κ1) is 21.5. The Morgan fingerprint density at radius 3 is 2.16 bits per heavy atom. The third kappa shape index (κ3) is 4.60. The van der Waals surface area contributed by atoms with Crippen LogP contribution in [0.4, 0.5) is 17.6 Å². The van der Waals surface area contributed by atoms with Gasteiger partial charge in [-0.15, -0.1) is 0 Å². The molecule has 0 aliphatic heterocycles. The van der Waals surface area contributed by atoms with Crippen molar-refractivity contribution in [2.45, 2.75) is 13.3 Å². The molecule has 0 aromatic heterocycles. The van der Waals surface area contributed by atoms with E-state index in [9.17, 15) is 17.6 Å².